The highest BCUT2D eigenvalue weighted by atomic mass is 19.1. The van der Waals surface area contributed by atoms with Crippen LogP contribution in [0.3, 0.4) is 0 Å². The molecular formula is C15H16FN5O4. The van der Waals surface area contributed by atoms with Gasteiger partial charge in [-0.05, 0) is 18.2 Å². The third kappa shape index (κ3) is 3.52. The number of cyclic esters (lactones) is 1. The van der Waals surface area contributed by atoms with Crippen LogP contribution in [-0.2, 0) is 14.3 Å². The first-order valence-electron chi connectivity index (χ1n) is 7.60. The summed E-state index contributed by atoms with van der Waals surface area (Å²) in [5.41, 5.74) is 0.660. The number of hydrogen-bond acceptors (Lipinski definition) is 6. The molecule has 2 heterocycles. The molecule has 0 aliphatic carbocycles. The molecule has 9 nitrogen and oxygen atoms in total. The predicted octanol–water partition coefficient (Wildman–Crippen LogP) is 0.119. The molecule has 25 heavy (non-hydrogen) atoms. The molecule has 1 N–H and O–H groups in total. The molecule has 132 valence electrons. The van der Waals surface area contributed by atoms with E-state index in [4.69, 9.17) is 4.74 Å². The van der Waals surface area contributed by atoms with E-state index in [9.17, 15) is 18.8 Å². The summed E-state index contributed by atoms with van der Waals surface area (Å²) >= 11 is 0. The van der Waals surface area contributed by atoms with E-state index in [0.29, 0.717) is 37.3 Å². The summed E-state index contributed by atoms with van der Waals surface area (Å²) in [4.78, 5) is 35.7. The summed E-state index contributed by atoms with van der Waals surface area (Å²) in [6, 6.07) is 4.39. The van der Waals surface area contributed by atoms with Gasteiger partial charge in [0.1, 0.15) is 18.3 Å². The lowest BCUT2D eigenvalue weighted by molar-refractivity contribution is -0.118. The van der Waals surface area contributed by atoms with E-state index < -0.39 is 18.0 Å². The molecule has 0 bridgehead atoms. The largest absolute Gasteiger partial charge is 0.442 e. The smallest absolute Gasteiger partial charge is 0.414 e. The quantitative estimate of drug-likeness (QED) is 0.736. The number of rotatable bonds is 6. The fraction of sp³-hybridized carbons (Fsp3) is 0.333. The predicted molar refractivity (Wildman–Crippen MR) is 86.7 cm³/mol. The Balaban J connectivity index is 1.73. The van der Waals surface area contributed by atoms with E-state index in [-0.39, 0.29) is 13.1 Å². The number of carbonyl (C=O) groups is 3. The second-order valence-corrected chi connectivity index (χ2v) is 5.47. The molecule has 10 heteroatoms. The van der Waals surface area contributed by atoms with Gasteiger partial charge in [-0.3, -0.25) is 14.5 Å². The van der Waals surface area contributed by atoms with Gasteiger partial charge in [-0.1, -0.05) is 0 Å². The Bertz CT molecular complexity index is 713. The fourth-order valence-corrected chi connectivity index (χ4v) is 2.63. The minimum atomic E-state index is -0.592. The zero-order valence-electron chi connectivity index (χ0n) is 13.2. The second kappa shape index (κ2) is 7.16. The number of hydrogen-bond donors (Lipinski definition) is 1. The maximum Gasteiger partial charge on any atom is 0.414 e. The van der Waals surface area contributed by atoms with Crippen molar-refractivity contribution in [3.05, 3.63) is 24.0 Å². The number of nitrogens with zero attached hydrogens (tertiary/aromatic N) is 4. The van der Waals surface area contributed by atoms with Crippen LogP contribution in [0.25, 0.3) is 0 Å². The first-order valence-corrected chi connectivity index (χ1v) is 7.60. The van der Waals surface area contributed by atoms with E-state index >= 15 is 0 Å². The van der Waals surface area contributed by atoms with Crippen LogP contribution in [0.2, 0.25) is 0 Å². The van der Waals surface area contributed by atoms with Crippen LogP contribution in [-0.4, -0.2) is 62.5 Å². The van der Waals surface area contributed by atoms with Crippen LogP contribution in [0.1, 0.15) is 0 Å². The normalized spacial score (nSPS) is 19.8. The van der Waals surface area contributed by atoms with Crippen molar-refractivity contribution >= 4 is 36.6 Å². The third-order valence-corrected chi connectivity index (χ3v) is 3.89. The first-order chi connectivity index (χ1) is 12.1. The van der Waals surface area contributed by atoms with Gasteiger partial charge >= 0.3 is 6.09 Å². The molecule has 1 aromatic carbocycles. The summed E-state index contributed by atoms with van der Waals surface area (Å²) in [5.74, 6) is -0.522. The van der Waals surface area contributed by atoms with Crippen molar-refractivity contribution in [3.63, 3.8) is 0 Å². The molecule has 1 fully saturated rings. The molecule has 0 saturated carbocycles. The highest BCUT2D eigenvalue weighted by Crippen LogP contribution is 2.27. The van der Waals surface area contributed by atoms with Gasteiger partial charge in [0.05, 0.1) is 31.0 Å². The molecule has 0 aromatic heterocycles. The summed E-state index contributed by atoms with van der Waals surface area (Å²) in [7, 11) is 0. The Morgan fingerprint density at radius 3 is 2.84 bits per heavy atom. The minimum Gasteiger partial charge on any atom is -0.442 e. The Morgan fingerprint density at radius 1 is 1.36 bits per heavy atom. The molecule has 1 saturated heterocycles. The van der Waals surface area contributed by atoms with Crippen LogP contribution in [0.15, 0.2) is 23.3 Å². The molecule has 0 radical (unpaired) electrons. The van der Waals surface area contributed by atoms with E-state index in [2.05, 4.69) is 10.4 Å². The summed E-state index contributed by atoms with van der Waals surface area (Å²) < 4.78 is 19.6. The summed E-state index contributed by atoms with van der Waals surface area (Å²) in [6.07, 6.45) is 1.43. The number of anilines is 2. The van der Waals surface area contributed by atoms with Gasteiger partial charge in [0.15, 0.2) is 0 Å². The van der Waals surface area contributed by atoms with Crippen molar-refractivity contribution in [2.24, 2.45) is 5.10 Å². The molecule has 1 aromatic rings. The number of halogens is 1. The fourth-order valence-electron chi connectivity index (χ4n) is 2.63. The number of amides is 3. The summed E-state index contributed by atoms with van der Waals surface area (Å²) in [6.45, 7) is 1.18. The lowest BCUT2D eigenvalue weighted by atomic mass is 10.2. The van der Waals surface area contributed by atoms with Gasteiger partial charge in [-0.15, -0.1) is 0 Å². The van der Waals surface area contributed by atoms with Gasteiger partial charge in [-0.2, -0.15) is 5.10 Å². The van der Waals surface area contributed by atoms with Crippen LogP contribution in [0.4, 0.5) is 20.6 Å². The molecule has 1 atom stereocenters. The topological polar surface area (TPSA) is 94.5 Å². The molecule has 3 rings (SSSR count). The molecular weight excluding hydrogens is 333 g/mol. The molecule has 3 amide bonds. The average molecular weight is 349 g/mol. The SMILES string of the molecule is O=CNC[C@H]1CN(c2ccc(N3C=NN(C=O)CC3)c(F)c2)C(=O)O1. The highest BCUT2D eigenvalue weighted by molar-refractivity contribution is 5.90. The zero-order valence-corrected chi connectivity index (χ0v) is 13.2. The van der Waals surface area contributed by atoms with E-state index in [0.717, 1.165) is 0 Å². The number of ether oxygens (including phenoxy) is 1. The standard InChI is InChI=1S/C15H16FN5O4/c16-13-5-11(21-7-12(6-17-9-22)25-15(21)24)1-2-14(13)19-3-4-20(10-23)18-8-19/h1-2,5,8-10,12H,3-4,6-7H2,(H,17,22)/t12-/m0/s1. The van der Waals surface area contributed by atoms with Gasteiger partial charge in [0.2, 0.25) is 12.8 Å². The molecule has 0 unspecified atom stereocenters. The molecule has 2 aliphatic heterocycles. The van der Waals surface area contributed by atoms with Crippen molar-refractivity contribution in [3.8, 4) is 0 Å². The van der Waals surface area contributed by atoms with Crippen LogP contribution >= 0.6 is 0 Å². The maximum absolute atomic E-state index is 14.5. The van der Waals surface area contributed by atoms with Crippen molar-refractivity contribution in [1.29, 1.82) is 0 Å². The van der Waals surface area contributed by atoms with Gasteiger partial charge in [0.25, 0.3) is 0 Å². The van der Waals surface area contributed by atoms with Gasteiger partial charge in [-0.25, -0.2) is 14.2 Å². The third-order valence-electron chi connectivity index (χ3n) is 3.89. The number of nitrogens with one attached hydrogen (secondary N) is 1. The molecule has 2 aliphatic rings. The monoisotopic (exact) mass is 349 g/mol. The van der Waals surface area contributed by atoms with Crippen LogP contribution in [0, 0.1) is 5.82 Å². The van der Waals surface area contributed by atoms with Gasteiger partial charge < -0.3 is 15.0 Å². The Labute approximate surface area is 142 Å². The van der Waals surface area contributed by atoms with Crippen molar-refractivity contribution < 1.29 is 23.5 Å². The Kier molecular flexibility index (Phi) is 4.78. The summed E-state index contributed by atoms with van der Waals surface area (Å²) in [5, 5.41) is 7.54. The number of benzene rings is 1. The van der Waals surface area contributed by atoms with E-state index in [1.165, 1.54) is 28.4 Å². The average Bonchev–Trinajstić information content (AvgIpc) is 3.00. The maximum atomic E-state index is 14.5. The second-order valence-electron chi connectivity index (χ2n) is 5.47. The van der Waals surface area contributed by atoms with E-state index in [1.807, 2.05) is 0 Å². The molecule has 0 spiro atoms. The van der Waals surface area contributed by atoms with Crippen molar-refractivity contribution in [1.82, 2.24) is 10.3 Å². The van der Waals surface area contributed by atoms with Crippen molar-refractivity contribution in [2.45, 2.75) is 6.10 Å². The Hall–Kier alpha value is -3.17. The minimum absolute atomic E-state index is 0.198. The first kappa shape index (κ1) is 16.7. The number of carbonyl (C=O) groups excluding carboxylic acids is 3. The van der Waals surface area contributed by atoms with Crippen molar-refractivity contribution in [2.75, 3.05) is 36.0 Å². The number of hydrazone groups is 1. The lowest BCUT2D eigenvalue weighted by Crippen LogP contribution is -2.37. The van der Waals surface area contributed by atoms with Crippen LogP contribution in [0.5, 0.6) is 0 Å². The highest BCUT2D eigenvalue weighted by Gasteiger charge is 2.32. The Morgan fingerprint density at radius 2 is 2.20 bits per heavy atom. The van der Waals surface area contributed by atoms with Gasteiger partial charge in [0, 0.05) is 6.54 Å². The zero-order chi connectivity index (χ0) is 17.8. The lowest BCUT2D eigenvalue weighted by Gasteiger charge is -2.27. The van der Waals surface area contributed by atoms with Crippen LogP contribution < -0.4 is 15.1 Å². The van der Waals surface area contributed by atoms with E-state index in [1.54, 1.807) is 11.0 Å².